The summed E-state index contributed by atoms with van der Waals surface area (Å²) < 4.78 is 40.0. The molecular weight excluding hydrogens is 321 g/mol. The van der Waals surface area contributed by atoms with Crippen LogP contribution in [-0.4, -0.2) is 15.0 Å². The molecule has 6 heteroatoms. The summed E-state index contributed by atoms with van der Waals surface area (Å²) in [4.78, 5) is 0.0794. The van der Waals surface area contributed by atoms with Crippen LogP contribution < -0.4 is 4.72 Å². The largest absolute Gasteiger partial charge is 0.241 e. The Morgan fingerprint density at radius 3 is 2.61 bits per heavy atom. The third-order valence-corrected chi connectivity index (χ3v) is 5.91. The summed E-state index contributed by atoms with van der Waals surface area (Å²) in [6, 6.07) is 3.57. The molecule has 1 saturated carbocycles. The van der Waals surface area contributed by atoms with Gasteiger partial charge in [-0.2, -0.15) is 0 Å². The van der Waals surface area contributed by atoms with E-state index in [1.807, 2.05) is 0 Å². The minimum atomic E-state index is -3.57. The highest BCUT2D eigenvalue weighted by molar-refractivity contribution is 9.10. The van der Waals surface area contributed by atoms with Crippen LogP contribution in [0.25, 0.3) is 0 Å². The van der Waals surface area contributed by atoms with Crippen molar-refractivity contribution in [2.45, 2.75) is 31.1 Å². The molecule has 0 bridgehead atoms. The lowest BCUT2D eigenvalue weighted by Crippen LogP contribution is -2.30. The Morgan fingerprint density at radius 1 is 1.44 bits per heavy atom. The Morgan fingerprint density at radius 2 is 2.11 bits per heavy atom. The Hall–Kier alpha value is -0.460. The van der Waals surface area contributed by atoms with E-state index in [1.54, 1.807) is 0 Å². The van der Waals surface area contributed by atoms with Gasteiger partial charge >= 0.3 is 0 Å². The molecule has 3 nitrogen and oxygen atoms in total. The number of nitrogens with one attached hydrogen (secondary N) is 1. The van der Waals surface area contributed by atoms with Crippen LogP contribution in [0.5, 0.6) is 0 Å². The maximum atomic E-state index is 12.9. The minimum absolute atomic E-state index is 0.0794. The first-order chi connectivity index (χ1) is 8.38. The third kappa shape index (κ3) is 2.92. The molecule has 0 spiro atoms. The van der Waals surface area contributed by atoms with Gasteiger partial charge in [0.2, 0.25) is 10.0 Å². The standard InChI is InChI=1S/C12H15BrFNO2S/c1-2-12(5-6-12)8-15-18(16,17)11-4-3-9(14)7-10(11)13/h3-4,7,15H,2,5-6,8H2,1H3. The van der Waals surface area contributed by atoms with Crippen LogP contribution in [0.4, 0.5) is 4.39 Å². The van der Waals surface area contributed by atoms with E-state index in [9.17, 15) is 12.8 Å². The van der Waals surface area contributed by atoms with E-state index in [2.05, 4.69) is 27.6 Å². The van der Waals surface area contributed by atoms with Gasteiger partial charge in [0.25, 0.3) is 0 Å². The zero-order valence-electron chi connectivity index (χ0n) is 10.0. The molecule has 0 aromatic heterocycles. The van der Waals surface area contributed by atoms with Crippen molar-refractivity contribution in [2.24, 2.45) is 5.41 Å². The van der Waals surface area contributed by atoms with Crippen LogP contribution in [0, 0.1) is 11.2 Å². The van der Waals surface area contributed by atoms with Crippen molar-refractivity contribution in [3.63, 3.8) is 0 Å². The second kappa shape index (κ2) is 4.90. The third-order valence-electron chi connectivity index (χ3n) is 3.53. The topological polar surface area (TPSA) is 46.2 Å². The quantitative estimate of drug-likeness (QED) is 0.898. The fourth-order valence-electron chi connectivity index (χ4n) is 1.85. The van der Waals surface area contributed by atoms with Crippen molar-refractivity contribution in [1.29, 1.82) is 0 Å². The van der Waals surface area contributed by atoms with Crippen LogP contribution in [0.2, 0.25) is 0 Å². The molecule has 0 amide bonds. The first-order valence-electron chi connectivity index (χ1n) is 5.83. The lowest BCUT2D eigenvalue weighted by atomic mass is 10.1. The fraction of sp³-hybridized carbons (Fsp3) is 0.500. The van der Waals surface area contributed by atoms with Gasteiger partial charge < -0.3 is 0 Å². The summed E-state index contributed by atoms with van der Waals surface area (Å²) in [5.74, 6) is -0.465. The summed E-state index contributed by atoms with van der Waals surface area (Å²) in [5, 5.41) is 0. The fourth-order valence-corrected chi connectivity index (χ4v) is 4.06. The minimum Gasteiger partial charge on any atom is -0.211 e. The Balaban J connectivity index is 2.15. The highest BCUT2D eigenvalue weighted by atomic mass is 79.9. The molecule has 1 fully saturated rings. The van der Waals surface area contributed by atoms with Crippen molar-refractivity contribution >= 4 is 26.0 Å². The molecule has 0 unspecified atom stereocenters. The smallest absolute Gasteiger partial charge is 0.211 e. The molecule has 1 aliphatic carbocycles. The molecule has 100 valence electrons. The van der Waals surface area contributed by atoms with Gasteiger partial charge in [0.1, 0.15) is 5.82 Å². The molecule has 18 heavy (non-hydrogen) atoms. The number of hydrogen-bond acceptors (Lipinski definition) is 2. The maximum Gasteiger partial charge on any atom is 0.241 e. The van der Waals surface area contributed by atoms with Crippen LogP contribution in [0.3, 0.4) is 0 Å². The molecule has 1 N–H and O–H groups in total. The molecule has 0 atom stereocenters. The van der Waals surface area contributed by atoms with Gasteiger partial charge in [-0.25, -0.2) is 17.5 Å². The Labute approximate surface area is 115 Å². The number of sulfonamides is 1. The van der Waals surface area contributed by atoms with Crippen molar-refractivity contribution in [3.8, 4) is 0 Å². The molecule has 2 rings (SSSR count). The predicted molar refractivity (Wildman–Crippen MR) is 71.2 cm³/mol. The maximum absolute atomic E-state index is 12.9. The highest BCUT2D eigenvalue weighted by Crippen LogP contribution is 2.48. The van der Waals surface area contributed by atoms with Crippen molar-refractivity contribution in [2.75, 3.05) is 6.54 Å². The van der Waals surface area contributed by atoms with E-state index in [1.165, 1.54) is 6.07 Å². The van der Waals surface area contributed by atoms with E-state index in [0.717, 1.165) is 31.4 Å². The van der Waals surface area contributed by atoms with Gasteiger partial charge in [-0.05, 0) is 58.8 Å². The zero-order valence-corrected chi connectivity index (χ0v) is 12.4. The number of hydrogen-bond donors (Lipinski definition) is 1. The molecular formula is C12H15BrFNO2S. The van der Waals surface area contributed by atoms with Crippen LogP contribution in [0.15, 0.2) is 27.6 Å². The number of rotatable bonds is 5. The average Bonchev–Trinajstić information content (AvgIpc) is 3.07. The van der Waals surface area contributed by atoms with E-state index in [0.29, 0.717) is 6.54 Å². The SMILES string of the molecule is CCC1(CNS(=O)(=O)c2ccc(F)cc2Br)CC1. The predicted octanol–water partition coefficient (Wildman–Crippen LogP) is 3.06. The van der Waals surface area contributed by atoms with Gasteiger partial charge in [0.05, 0.1) is 4.90 Å². The van der Waals surface area contributed by atoms with Gasteiger partial charge in [0.15, 0.2) is 0 Å². The van der Waals surface area contributed by atoms with Crippen LogP contribution in [-0.2, 0) is 10.0 Å². The lowest BCUT2D eigenvalue weighted by molar-refractivity contribution is 0.475. The Bertz CT molecular complexity index is 555. The first-order valence-corrected chi connectivity index (χ1v) is 8.11. The second-order valence-electron chi connectivity index (χ2n) is 4.75. The zero-order chi connectivity index (χ0) is 13.4. The summed E-state index contributed by atoms with van der Waals surface area (Å²) in [6.07, 6.45) is 3.10. The Kier molecular flexibility index (Phi) is 3.80. The van der Waals surface area contributed by atoms with Crippen molar-refractivity contribution in [3.05, 3.63) is 28.5 Å². The summed E-state index contributed by atoms with van der Waals surface area (Å²) in [6.45, 7) is 2.52. The number of benzene rings is 1. The van der Waals surface area contributed by atoms with E-state index in [4.69, 9.17) is 0 Å². The number of halogens is 2. The monoisotopic (exact) mass is 335 g/mol. The summed E-state index contributed by atoms with van der Waals surface area (Å²) >= 11 is 3.08. The molecule has 0 aliphatic heterocycles. The van der Waals surface area contributed by atoms with Gasteiger partial charge in [0, 0.05) is 11.0 Å². The van der Waals surface area contributed by atoms with Gasteiger partial charge in [-0.1, -0.05) is 6.92 Å². The normalized spacial score (nSPS) is 17.7. The molecule has 0 radical (unpaired) electrons. The van der Waals surface area contributed by atoms with E-state index in [-0.39, 0.29) is 14.8 Å². The lowest BCUT2D eigenvalue weighted by Gasteiger charge is -2.14. The van der Waals surface area contributed by atoms with Gasteiger partial charge in [-0.15, -0.1) is 0 Å². The summed E-state index contributed by atoms with van der Waals surface area (Å²) in [7, 11) is -3.57. The van der Waals surface area contributed by atoms with Crippen LogP contribution >= 0.6 is 15.9 Å². The van der Waals surface area contributed by atoms with E-state index >= 15 is 0 Å². The van der Waals surface area contributed by atoms with Gasteiger partial charge in [-0.3, -0.25) is 0 Å². The molecule has 0 heterocycles. The van der Waals surface area contributed by atoms with Crippen molar-refractivity contribution in [1.82, 2.24) is 4.72 Å². The molecule has 1 aromatic carbocycles. The van der Waals surface area contributed by atoms with Crippen LogP contribution in [0.1, 0.15) is 26.2 Å². The van der Waals surface area contributed by atoms with Crippen molar-refractivity contribution < 1.29 is 12.8 Å². The summed E-state index contributed by atoms with van der Waals surface area (Å²) in [5.41, 5.74) is 0.138. The first kappa shape index (κ1) is 14.0. The second-order valence-corrected chi connectivity index (χ2v) is 7.34. The molecule has 1 aromatic rings. The highest BCUT2D eigenvalue weighted by Gasteiger charge is 2.41. The average molecular weight is 336 g/mol. The molecule has 1 aliphatic rings. The van der Waals surface area contributed by atoms with E-state index < -0.39 is 15.8 Å². The molecule has 0 saturated heterocycles.